The molecule has 0 aliphatic carbocycles. The Bertz CT molecular complexity index is 954. The molecular formula is C23H26N4O2. The lowest BCUT2D eigenvalue weighted by Crippen LogP contribution is -2.27. The Morgan fingerprint density at radius 2 is 1.66 bits per heavy atom. The number of carbonyl (C=O) groups is 1. The molecule has 1 heterocycles. The number of hydrogen-bond acceptors (Lipinski definition) is 5. The summed E-state index contributed by atoms with van der Waals surface area (Å²) in [4.78, 5) is 21.2. The van der Waals surface area contributed by atoms with E-state index in [0.717, 1.165) is 23.3 Å². The van der Waals surface area contributed by atoms with E-state index < -0.39 is 0 Å². The molecular weight excluding hydrogens is 364 g/mol. The summed E-state index contributed by atoms with van der Waals surface area (Å²) in [6.45, 7) is 5.01. The van der Waals surface area contributed by atoms with Gasteiger partial charge in [0, 0.05) is 19.2 Å². The summed E-state index contributed by atoms with van der Waals surface area (Å²) in [5, 5.41) is 6.19. The monoisotopic (exact) mass is 390 g/mol. The lowest BCUT2D eigenvalue weighted by Gasteiger charge is -2.10. The predicted octanol–water partition coefficient (Wildman–Crippen LogP) is 3.69. The number of nitrogens with one attached hydrogen (secondary N) is 2. The van der Waals surface area contributed by atoms with Crippen LogP contribution in [0.25, 0.3) is 0 Å². The van der Waals surface area contributed by atoms with Crippen molar-refractivity contribution in [2.45, 2.75) is 26.8 Å². The maximum absolute atomic E-state index is 12.5. The topological polar surface area (TPSA) is 76.1 Å². The average molecular weight is 390 g/mol. The molecule has 0 radical (unpaired) electrons. The van der Waals surface area contributed by atoms with Crippen molar-refractivity contribution in [1.29, 1.82) is 0 Å². The lowest BCUT2D eigenvalue weighted by molar-refractivity contribution is 0.0949. The Kier molecular flexibility index (Phi) is 6.79. The molecule has 0 saturated carbocycles. The number of carbonyl (C=O) groups excluding carboxylic acids is 1. The van der Waals surface area contributed by atoms with Gasteiger partial charge in [-0.1, -0.05) is 42.0 Å². The second-order valence-electron chi connectivity index (χ2n) is 6.88. The number of methoxy groups -OCH3 is 1. The molecule has 0 bridgehead atoms. The molecule has 0 aliphatic heterocycles. The summed E-state index contributed by atoms with van der Waals surface area (Å²) < 4.78 is 5.16. The fourth-order valence-electron chi connectivity index (χ4n) is 2.88. The highest BCUT2D eigenvalue weighted by atomic mass is 16.5. The van der Waals surface area contributed by atoms with Crippen LogP contribution in [-0.2, 0) is 13.0 Å². The van der Waals surface area contributed by atoms with Crippen LogP contribution in [0.3, 0.4) is 0 Å². The van der Waals surface area contributed by atoms with Crippen LogP contribution in [0, 0.1) is 13.8 Å². The van der Waals surface area contributed by atoms with Crippen LogP contribution in [0.4, 0.5) is 5.82 Å². The van der Waals surface area contributed by atoms with Crippen LogP contribution < -0.4 is 15.4 Å². The van der Waals surface area contributed by atoms with Crippen LogP contribution in [0.2, 0.25) is 0 Å². The largest absolute Gasteiger partial charge is 0.497 e. The number of nitrogens with zero attached hydrogens (tertiary/aromatic N) is 2. The van der Waals surface area contributed by atoms with Gasteiger partial charge in [-0.2, -0.15) is 0 Å². The van der Waals surface area contributed by atoms with E-state index in [1.54, 1.807) is 20.1 Å². The normalized spacial score (nSPS) is 10.4. The van der Waals surface area contributed by atoms with Crippen molar-refractivity contribution in [3.63, 3.8) is 0 Å². The standard InChI is InChI=1S/C23H26N4O2/c1-16-4-6-19(7-5-16)15-25-22-14-21(26-17(2)27-22)23(28)24-13-12-18-8-10-20(29-3)11-9-18/h4-11,14H,12-13,15H2,1-3H3,(H,24,28)(H,25,26,27). The highest BCUT2D eigenvalue weighted by Crippen LogP contribution is 2.12. The van der Waals surface area contributed by atoms with E-state index in [4.69, 9.17) is 4.74 Å². The van der Waals surface area contributed by atoms with Crippen molar-refractivity contribution in [2.75, 3.05) is 19.0 Å². The molecule has 2 aromatic carbocycles. The molecule has 0 atom stereocenters. The van der Waals surface area contributed by atoms with Crippen molar-refractivity contribution < 1.29 is 9.53 Å². The number of amides is 1. The fourth-order valence-corrected chi connectivity index (χ4v) is 2.88. The minimum absolute atomic E-state index is 0.206. The van der Waals surface area contributed by atoms with E-state index in [1.165, 1.54) is 5.56 Å². The van der Waals surface area contributed by atoms with Crippen LogP contribution >= 0.6 is 0 Å². The number of rotatable bonds is 8. The molecule has 3 aromatic rings. The van der Waals surface area contributed by atoms with Crippen LogP contribution in [0.5, 0.6) is 5.75 Å². The molecule has 2 N–H and O–H groups in total. The average Bonchev–Trinajstić information content (AvgIpc) is 2.73. The zero-order valence-electron chi connectivity index (χ0n) is 17.0. The molecule has 6 heteroatoms. The van der Waals surface area contributed by atoms with Gasteiger partial charge in [-0.15, -0.1) is 0 Å². The van der Waals surface area contributed by atoms with Crippen molar-refractivity contribution >= 4 is 11.7 Å². The zero-order valence-corrected chi connectivity index (χ0v) is 17.0. The summed E-state index contributed by atoms with van der Waals surface area (Å²) in [5.74, 6) is 1.81. The maximum Gasteiger partial charge on any atom is 0.270 e. The lowest BCUT2D eigenvalue weighted by atomic mass is 10.1. The van der Waals surface area contributed by atoms with Gasteiger partial charge in [-0.3, -0.25) is 4.79 Å². The highest BCUT2D eigenvalue weighted by molar-refractivity contribution is 5.92. The van der Waals surface area contributed by atoms with Crippen LogP contribution in [-0.4, -0.2) is 29.5 Å². The fraction of sp³-hybridized carbons (Fsp3) is 0.261. The van der Waals surface area contributed by atoms with E-state index in [1.807, 2.05) is 24.3 Å². The summed E-state index contributed by atoms with van der Waals surface area (Å²) >= 11 is 0. The van der Waals surface area contributed by atoms with Crippen LogP contribution in [0.15, 0.2) is 54.6 Å². The van der Waals surface area contributed by atoms with Gasteiger partial charge in [0.15, 0.2) is 0 Å². The van der Waals surface area contributed by atoms with Gasteiger partial charge >= 0.3 is 0 Å². The number of benzene rings is 2. The van der Waals surface area contributed by atoms with Gasteiger partial charge in [0.05, 0.1) is 7.11 Å². The molecule has 0 unspecified atom stereocenters. The van der Waals surface area contributed by atoms with E-state index in [0.29, 0.717) is 30.4 Å². The zero-order chi connectivity index (χ0) is 20.6. The molecule has 150 valence electrons. The number of aromatic nitrogens is 2. The smallest absolute Gasteiger partial charge is 0.270 e. The van der Waals surface area contributed by atoms with Crippen molar-refractivity contribution in [1.82, 2.24) is 15.3 Å². The van der Waals surface area contributed by atoms with Gasteiger partial charge in [-0.25, -0.2) is 9.97 Å². The molecule has 0 aliphatic rings. The predicted molar refractivity (Wildman–Crippen MR) is 114 cm³/mol. The van der Waals surface area contributed by atoms with Gasteiger partial charge in [0.1, 0.15) is 23.1 Å². The first-order chi connectivity index (χ1) is 14.0. The Morgan fingerprint density at radius 3 is 2.34 bits per heavy atom. The summed E-state index contributed by atoms with van der Waals surface area (Å²) in [5.41, 5.74) is 3.86. The quantitative estimate of drug-likeness (QED) is 0.614. The summed E-state index contributed by atoms with van der Waals surface area (Å²) in [6.07, 6.45) is 0.734. The Hall–Kier alpha value is -3.41. The molecule has 3 rings (SSSR count). The second kappa shape index (κ2) is 9.68. The summed E-state index contributed by atoms with van der Waals surface area (Å²) in [7, 11) is 1.64. The molecule has 1 aromatic heterocycles. The van der Waals surface area contributed by atoms with Crippen molar-refractivity contribution in [2.24, 2.45) is 0 Å². The van der Waals surface area contributed by atoms with Crippen molar-refractivity contribution in [3.05, 3.63) is 82.8 Å². The third-order valence-electron chi connectivity index (χ3n) is 4.52. The Morgan fingerprint density at radius 1 is 0.966 bits per heavy atom. The van der Waals surface area contributed by atoms with Gasteiger partial charge < -0.3 is 15.4 Å². The molecule has 1 amide bonds. The Balaban J connectivity index is 1.56. The van der Waals surface area contributed by atoms with Gasteiger partial charge in [-0.05, 0) is 43.5 Å². The first-order valence-corrected chi connectivity index (χ1v) is 9.60. The second-order valence-corrected chi connectivity index (χ2v) is 6.88. The minimum atomic E-state index is -0.206. The molecule has 6 nitrogen and oxygen atoms in total. The SMILES string of the molecule is COc1ccc(CCNC(=O)c2cc(NCc3ccc(C)cc3)nc(C)n2)cc1. The highest BCUT2D eigenvalue weighted by Gasteiger charge is 2.10. The minimum Gasteiger partial charge on any atom is -0.497 e. The molecule has 0 fully saturated rings. The van der Waals surface area contributed by atoms with Gasteiger partial charge in [0.2, 0.25) is 0 Å². The van der Waals surface area contributed by atoms with E-state index in [2.05, 4.69) is 51.8 Å². The maximum atomic E-state index is 12.5. The first-order valence-electron chi connectivity index (χ1n) is 9.60. The third kappa shape index (κ3) is 6.04. The molecule has 29 heavy (non-hydrogen) atoms. The Labute approximate surface area is 171 Å². The van der Waals surface area contributed by atoms with E-state index >= 15 is 0 Å². The first kappa shape index (κ1) is 20.3. The number of hydrogen-bond donors (Lipinski definition) is 2. The summed E-state index contributed by atoms with van der Waals surface area (Å²) in [6, 6.07) is 17.8. The third-order valence-corrected chi connectivity index (χ3v) is 4.52. The van der Waals surface area contributed by atoms with Gasteiger partial charge in [0.25, 0.3) is 5.91 Å². The number of anilines is 1. The number of aryl methyl sites for hydroxylation is 2. The van der Waals surface area contributed by atoms with Crippen molar-refractivity contribution in [3.8, 4) is 5.75 Å². The molecule has 0 saturated heterocycles. The van der Waals surface area contributed by atoms with E-state index in [-0.39, 0.29) is 5.91 Å². The number of ether oxygens (including phenoxy) is 1. The van der Waals surface area contributed by atoms with Crippen LogP contribution in [0.1, 0.15) is 33.0 Å². The van der Waals surface area contributed by atoms with E-state index in [9.17, 15) is 4.79 Å². The molecule has 0 spiro atoms.